The first-order chi connectivity index (χ1) is 15.8. The molecule has 0 unspecified atom stereocenters. The van der Waals surface area contributed by atoms with Crippen LogP contribution in [0.15, 0.2) is 36.4 Å². The van der Waals surface area contributed by atoms with Gasteiger partial charge in [0.2, 0.25) is 11.8 Å². The smallest absolute Gasteiger partial charge is 0.242 e. The van der Waals surface area contributed by atoms with Crippen LogP contribution in [-0.2, 0) is 22.6 Å². The first kappa shape index (κ1) is 25.2. The van der Waals surface area contributed by atoms with E-state index in [1.807, 2.05) is 32.0 Å². The molecule has 0 spiro atoms. The molecule has 2 amide bonds. The van der Waals surface area contributed by atoms with Gasteiger partial charge in [-0.05, 0) is 49.1 Å². The first-order valence-corrected chi connectivity index (χ1v) is 11.9. The summed E-state index contributed by atoms with van der Waals surface area (Å²) in [6.45, 7) is 7.48. The third kappa shape index (κ3) is 6.78. The molecule has 0 aromatic heterocycles. The Labute approximate surface area is 205 Å². The number of nitrogens with zero attached hydrogens (tertiary/aromatic N) is 1. The van der Waals surface area contributed by atoms with Gasteiger partial charge in [0, 0.05) is 35.1 Å². The summed E-state index contributed by atoms with van der Waals surface area (Å²) in [6.07, 6.45) is 0.728. The van der Waals surface area contributed by atoms with Crippen molar-refractivity contribution in [3.63, 3.8) is 0 Å². The summed E-state index contributed by atoms with van der Waals surface area (Å²) in [5, 5.41) is 3.83. The lowest BCUT2D eigenvalue weighted by Gasteiger charge is -2.30. The van der Waals surface area contributed by atoms with E-state index in [1.165, 1.54) is 0 Å². The zero-order valence-electron chi connectivity index (χ0n) is 19.2. The highest BCUT2D eigenvalue weighted by Gasteiger charge is 2.27. The maximum absolute atomic E-state index is 13.3. The van der Waals surface area contributed by atoms with E-state index in [9.17, 15) is 9.59 Å². The standard InChI is InChI=1S/C25H30Cl2N2O4/c1-16(2)14-28-25(31)17(3)29(15-19-20(26)5-4-6-21(19)27)24(30)10-8-18-7-9-22-23(13-18)33-12-11-32-22/h4-7,9,13,16-17H,8,10-12,14-15H2,1-3H3,(H,28,31)/t17-/m1/s1. The topological polar surface area (TPSA) is 67.9 Å². The number of carbonyl (C=O) groups excluding carboxylic acids is 2. The zero-order chi connectivity index (χ0) is 24.0. The zero-order valence-corrected chi connectivity index (χ0v) is 20.7. The quantitative estimate of drug-likeness (QED) is 0.541. The average molecular weight is 493 g/mol. The van der Waals surface area contributed by atoms with E-state index in [-0.39, 0.29) is 24.8 Å². The van der Waals surface area contributed by atoms with Gasteiger partial charge in [-0.1, -0.05) is 49.2 Å². The molecule has 1 heterocycles. The molecule has 0 bridgehead atoms. The van der Waals surface area contributed by atoms with Gasteiger partial charge < -0.3 is 19.7 Å². The molecule has 1 N–H and O–H groups in total. The number of ether oxygens (including phenoxy) is 2. The van der Waals surface area contributed by atoms with Gasteiger partial charge in [-0.15, -0.1) is 0 Å². The van der Waals surface area contributed by atoms with Gasteiger partial charge >= 0.3 is 0 Å². The van der Waals surface area contributed by atoms with Crippen molar-refractivity contribution in [1.82, 2.24) is 10.2 Å². The van der Waals surface area contributed by atoms with Crippen LogP contribution in [0.25, 0.3) is 0 Å². The number of aryl methyl sites for hydroxylation is 1. The number of halogens is 2. The van der Waals surface area contributed by atoms with Gasteiger partial charge in [0.1, 0.15) is 19.3 Å². The highest BCUT2D eigenvalue weighted by Crippen LogP contribution is 2.31. The first-order valence-electron chi connectivity index (χ1n) is 11.1. The summed E-state index contributed by atoms with van der Waals surface area (Å²) in [5.41, 5.74) is 1.58. The number of carbonyl (C=O) groups is 2. The molecule has 0 radical (unpaired) electrons. The minimum Gasteiger partial charge on any atom is -0.486 e. The van der Waals surface area contributed by atoms with Crippen LogP contribution in [0.5, 0.6) is 11.5 Å². The summed E-state index contributed by atoms with van der Waals surface area (Å²) >= 11 is 12.7. The molecule has 8 heteroatoms. The van der Waals surface area contributed by atoms with Crippen molar-refractivity contribution in [3.8, 4) is 11.5 Å². The SMILES string of the molecule is CC(C)CNC(=O)[C@@H](C)N(Cc1c(Cl)cccc1Cl)C(=O)CCc1ccc2c(c1)OCCO2. The van der Waals surface area contributed by atoms with E-state index in [2.05, 4.69) is 5.32 Å². The van der Waals surface area contributed by atoms with Gasteiger partial charge in [0.15, 0.2) is 11.5 Å². The molecule has 2 aromatic rings. The van der Waals surface area contributed by atoms with Crippen molar-refractivity contribution in [1.29, 1.82) is 0 Å². The van der Waals surface area contributed by atoms with Crippen molar-refractivity contribution < 1.29 is 19.1 Å². The van der Waals surface area contributed by atoms with Gasteiger partial charge in [0.25, 0.3) is 0 Å². The molecule has 0 aliphatic carbocycles. The minimum absolute atomic E-state index is 0.148. The monoisotopic (exact) mass is 492 g/mol. The van der Waals surface area contributed by atoms with Crippen molar-refractivity contribution in [2.75, 3.05) is 19.8 Å². The molecule has 6 nitrogen and oxygen atoms in total. The molecular weight excluding hydrogens is 463 g/mol. The lowest BCUT2D eigenvalue weighted by atomic mass is 10.1. The molecule has 2 aromatic carbocycles. The van der Waals surface area contributed by atoms with Crippen molar-refractivity contribution in [3.05, 3.63) is 57.6 Å². The van der Waals surface area contributed by atoms with Crippen LogP contribution in [0.2, 0.25) is 10.0 Å². The lowest BCUT2D eigenvalue weighted by molar-refractivity contribution is -0.140. The molecule has 33 heavy (non-hydrogen) atoms. The predicted octanol–water partition coefficient (Wildman–Crippen LogP) is 4.89. The minimum atomic E-state index is -0.677. The summed E-state index contributed by atoms with van der Waals surface area (Å²) in [5.74, 6) is 1.33. The van der Waals surface area contributed by atoms with Crippen LogP contribution in [0.4, 0.5) is 0 Å². The fourth-order valence-electron chi connectivity index (χ4n) is 3.53. The third-order valence-electron chi connectivity index (χ3n) is 5.48. The fourth-order valence-corrected chi connectivity index (χ4v) is 4.04. The number of amides is 2. The van der Waals surface area contributed by atoms with E-state index in [0.717, 1.165) is 5.56 Å². The van der Waals surface area contributed by atoms with Gasteiger partial charge in [-0.2, -0.15) is 0 Å². The molecule has 3 rings (SSSR count). The Hall–Kier alpha value is -2.44. The molecule has 1 atom stereocenters. The molecule has 0 saturated carbocycles. The van der Waals surface area contributed by atoms with E-state index in [1.54, 1.807) is 30.0 Å². The number of fused-ring (bicyclic) bond motifs is 1. The third-order valence-corrected chi connectivity index (χ3v) is 6.18. The molecule has 0 saturated heterocycles. The Morgan fingerprint density at radius 1 is 1.03 bits per heavy atom. The average Bonchev–Trinajstić information content (AvgIpc) is 2.80. The van der Waals surface area contributed by atoms with E-state index >= 15 is 0 Å². The second kappa shape index (κ2) is 11.6. The van der Waals surface area contributed by atoms with E-state index in [0.29, 0.717) is 59.2 Å². The largest absolute Gasteiger partial charge is 0.486 e. The van der Waals surface area contributed by atoms with E-state index in [4.69, 9.17) is 32.7 Å². The fraction of sp³-hybridized carbons (Fsp3) is 0.440. The molecular formula is C25H30Cl2N2O4. The maximum Gasteiger partial charge on any atom is 0.242 e. The molecule has 178 valence electrons. The number of hydrogen-bond donors (Lipinski definition) is 1. The van der Waals surface area contributed by atoms with Gasteiger partial charge in [-0.25, -0.2) is 0 Å². The Morgan fingerprint density at radius 2 is 1.70 bits per heavy atom. The number of benzene rings is 2. The maximum atomic E-state index is 13.3. The van der Waals surface area contributed by atoms with Crippen LogP contribution in [-0.4, -0.2) is 42.5 Å². The highest BCUT2D eigenvalue weighted by atomic mass is 35.5. The van der Waals surface area contributed by atoms with Crippen LogP contribution >= 0.6 is 23.2 Å². The second-order valence-corrected chi connectivity index (χ2v) is 9.33. The summed E-state index contributed by atoms with van der Waals surface area (Å²) < 4.78 is 11.2. The van der Waals surface area contributed by atoms with E-state index < -0.39 is 6.04 Å². The molecule has 0 fully saturated rings. The van der Waals surface area contributed by atoms with Crippen molar-refractivity contribution in [2.24, 2.45) is 5.92 Å². The Kier molecular flexibility index (Phi) is 8.87. The summed E-state index contributed by atoms with van der Waals surface area (Å²) in [4.78, 5) is 27.6. The Balaban J connectivity index is 1.75. The second-order valence-electron chi connectivity index (χ2n) is 8.51. The van der Waals surface area contributed by atoms with Crippen molar-refractivity contribution >= 4 is 35.0 Å². The predicted molar refractivity (Wildman–Crippen MR) is 130 cm³/mol. The van der Waals surface area contributed by atoms with Crippen LogP contribution in [0.1, 0.15) is 38.3 Å². The summed E-state index contributed by atoms with van der Waals surface area (Å²) in [6, 6.07) is 10.2. The van der Waals surface area contributed by atoms with Crippen LogP contribution in [0, 0.1) is 5.92 Å². The normalized spacial score (nSPS) is 13.5. The number of nitrogens with one attached hydrogen (secondary N) is 1. The van der Waals surface area contributed by atoms with Gasteiger partial charge in [-0.3, -0.25) is 9.59 Å². The Bertz CT molecular complexity index is 976. The van der Waals surface area contributed by atoms with Crippen LogP contribution in [0.3, 0.4) is 0 Å². The number of hydrogen-bond acceptors (Lipinski definition) is 4. The van der Waals surface area contributed by atoms with Gasteiger partial charge in [0.05, 0.1) is 0 Å². The molecule has 1 aliphatic heterocycles. The highest BCUT2D eigenvalue weighted by molar-refractivity contribution is 6.36. The number of rotatable bonds is 9. The molecule has 1 aliphatic rings. The Morgan fingerprint density at radius 3 is 2.36 bits per heavy atom. The van der Waals surface area contributed by atoms with Crippen LogP contribution < -0.4 is 14.8 Å². The summed E-state index contributed by atoms with van der Waals surface area (Å²) in [7, 11) is 0. The van der Waals surface area contributed by atoms with Crippen molar-refractivity contribution in [2.45, 2.75) is 46.2 Å². The lowest BCUT2D eigenvalue weighted by Crippen LogP contribution is -2.48.